The molecule has 0 aromatic heterocycles. The minimum Gasteiger partial charge on any atom is -0.352 e. The Morgan fingerprint density at radius 3 is 2.24 bits per heavy atom. The molecule has 1 aliphatic carbocycles. The number of hydrogen-bond acceptors (Lipinski definition) is 4. The number of carbonyl (C=O) groups is 2. The van der Waals surface area contributed by atoms with Gasteiger partial charge in [-0.05, 0) is 60.7 Å². The first-order valence-corrected chi connectivity index (χ1v) is 17.5. The molecule has 0 aliphatic heterocycles. The molecule has 0 unspecified atom stereocenters. The highest BCUT2D eigenvalue weighted by Gasteiger charge is 2.33. The molecule has 45 heavy (non-hydrogen) atoms. The molecule has 7 nitrogen and oxygen atoms in total. The summed E-state index contributed by atoms with van der Waals surface area (Å²) in [4.78, 5) is 29.3. The Balaban J connectivity index is 1.59. The number of rotatable bonds is 13. The zero-order valence-electron chi connectivity index (χ0n) is 25.0. The standard InChI is InChI=1S/C33H37BrF3N3O4S/c1-45(43,44)40(29-14-7-11-26(22-29)33(35,36)37)20-8-15-31(41)39(23-25-16-18-27(34)19-17-25)30(21-24-9-3-2-4-10-24)32(42)38-28-12-5-6-13-28/h2-4,7,9-11,14,16-19,22,28,30H,5-6,8,12-13,15,20-21,23H2,1H3,(H,38,42)/t30-/m1/s1. The van der Waals surface area contributed by atoms with Crippen LogP contribution in [0.3, 0.4) is 0 Å². The normalized spacial score (nSPS) is 14.6. The van der Waals surface area contributed by atoms with Crippen LogP contribution in [0.4, 0.5) is 18.9 Å². The van der Waals surface area contributed by atoms with Crippen molar-refractivity contribution in [3.05, 3.63) is 100 Å². The van der Waals surface area contributed by atoms with Crippen LogP contribution in [0.25, 0.3) is 0 Å². The van der Waals surface area contributed by atoms with Gasteiger partial charge in [-0.1, -0.05) is 77.3 Å². The Morgan fingerprint density at radius 2 is 1.62 bits per heavy atom. The summed E-state index contributed by atoms with van der Waals surface area (Å²) in [7, 11) is -3.96. The first-order valence-electron chi connectivity index (χ1n) is 14.8. The van der Waals surface area contributed by atoms with Gasteiger partial charge in [0.25, 0.3) is 0 Å². The lowest BCUT2D eigenvalue weighted by Gasteiger charge is -2.33. The SMILES string of the molecule is CS(=O)(=O)N(CCCC(=O)N(Cc1ccc(Br)cc1)[C@H](Cc1ccccc1)C(=O)NC1CCCC1)c1cccc(C(F)(F)F)c1. The van der Waals surface area contributed by atoms with Crippen LogP contribution in [-0.2, 0) is 38.8 Å². The summed E-state index contributed by atoms with van der Waals surface area (Å²) in [5, 5.41) is 3.14. The van der Waals surface area contributed by atoms with E-state index in [2.05, 4.69) is 21.2 Å². The number of alkyl halides is 3. The van der Waals surface area contributed by atoms with Crippen molar-refractivity contribution in [1.29, 1.82) is 0 Å². The lowest BCUT2D eigenvalue weighted by molar-refractivity contribution is -0.141. The van der Waals surface area contributed by atoms with E-state index < -0.39 is 27.8 Å². The second-order valence-electron chi connectivity index (χ2n) is 11.3. The highest BCUT2D eigenvalue weighted by Crippen LogP contribution is 2.32. The molecule has 242 valence electrons. The van der Waals surface area contributed by atoms with Crippen LogP contribution < -0.4 is 9.62 Å². The van der Waals surface area contributed by atoms with Gasteiger partial charge >= 0.3 is 6.18 Å². The number of halogens is 4. The smallest absolute Gasteiger partial charge is 0.352 e. The Hall–Kier alpha value is -3.38. The number of hydrogen-bond donors (Lipinski definition) is 1. The molecule has 2 amide bonds. The van der Waals surface area contributed by atoms with E-state index in [1.54, 1.807) is 0 Å². The molecular weight excluding hydrogens is 671 g/mol. The first kappa shape index (κ1) is 34.5. The molecule has 1 atom stereocenters. The molecule has 12 heteroatoms. The van der Waals surface area contributed by atoms with Gasteiger partial charge in [0.1, 0.15) is 6.04 Å². The third-order valence-corrected chi connectivity index (χ3v) is 9.58. The maximum atomic E-state index is 14.0. The van der Waals surface area contributed by atoms with Crippen LogP contribution in [0.5, 0.6) is 0 Å². The quantitative estimate of drug-likeness (QED) is 0.214. The van der Waals surface area contributed by atoms with Crippen LogP contribution in [0.2, 0.25) is 0 Å². The molecule has 0 saturated heterocycles. The van der Waals surface area contributed by atoms with Gasteiger partial charge in [-0.25, -0.2) is 8.42 Å². The molecular formula is C33H37BrF3N3O4S. The highest BCUT2D eigenvalue weighted by atomic mass is 79.9. The van der Waals surface area contributed by atoms with Gasteiger partial charge in [0.15, 0.2) is 0 Å². The van der Waals surface area contributed by atoms with Crippen LogP contribution in [0.1, 0.15) is 55.2 Å². The minimum absolute atomic E-state index is 0.0291. The fourth-order valence-electron chi connectivity index (χ4n) is 5.55. The maximum Gasteiger partial charge on any atom is 0.416 e. The zero-order chi connectivity index (χ0) is 32.6. The fraction of sp³-hybridized carbons (Fsp3) is 0.394. The third-order valence-electron chi connectivity index (χ3n) is 7.85. The Morgan fingerprint density at radius 1 is 0.956 bits per heavy atom. The fourth-order valence-corrected chi connectivity index (χ4v) is 6.77. The topological polar surface area (TPSA) is 86.8 Å². The van der Waals surface area contributed by atoms with Crippen LogP contribution in [-0.4, -0.2) is 50.0 Å². The molecule has 4 rings (SSSR count). The van der Waals surface area contributed by atoms with E-state index >= 15 is 0 Å². The average molecular weight is 709 g/mol. The molecule has 0 heterocycles. The molecule has 1 saturated carbocycles. The van der Waals surface area contributed by atoms with Crippen LogP contribution >= 0.6 is 15.9 Å². The lowest BCUT2D eigenvalue weighted by atomic mass is 10.0. The molecule has 3 aromatic carbocycles. The number of nitrogens with zero attached hydrogens (tertiary/aromatic N) is 2. The summed E-state index contributed by atoms with van der Waals surface area (Å²) < 4.78 is 67.0. The van der Waals surface area contributed by atoms with Crippen molar-refractivity contribution in [3.63, 3.8) is 0 Å². The van der Waals surface area contributed by atoms with Crippen molar-refractivity contribution < 1.29 is 31.2 Å². The van der Waals surface area contributed by atoms with E-state index in [-0.39, 0.29) is 55.9 Å². The monoisotopic (exact) mass is 707 g/mol. The van der Waals surface area contributed by atoms with E-state index in [0.717, 1.165) is 70.0 Å². The summed E-state index contributed by atoms with van der Waals surface area (Å²) >= 11 is 3.42. The van der Waals surface area contributed by atoms with Crippen molar-refractivity contribution >= 4 is 43.5 Å². The number of nitrogens with one attached hydrogen (secondary N) is 1. The number of carbonyl (C=O) groups excluding carboxylic acids is 2. The van der Waals surface area contributed by atoms with Crippen molar-refractivity contribution in [2.24, 2.45) is 0 Å². The first-order chi connectivity index (χ1) is 21.3. The zero-order valence-corrected chi connectivity index (χ0v) is 27.4. The molecule has 1 N–H and O–H groups in total. The van der Waals surface area contributed by atoms with Crippen LogP contribution in [0, 0.1) is 0 Å². The average Bonchev–Trinajstić information content (AvgIpc) is 3.50. The van der Waals surface area contributed by atoms with Gasteiger partial charge in [-0.15, -0.1) is 0 Å². The number of anilines is 1. The predicted molar refractivity (Wildman–Crippen MR) is 172 cm³/mol. The van der Waals surface area contributed by atoms with Crippen molar-refractivity contribution in [1.82, 2.24) is 10.2 Å². The van der Waals surface area contributed by atoms with E-state index in [4.69, 9.17) is 0 Å². The van der Waals surface area contributed by atoms with E-state index in [9.17, 15) is 31.2 Å². The van der Waals surface area contributed by atoms with Gasteiger partial charge in [0.05, 0.1) is 17.5 Å². The number of amides is 2. The van der Waals surface area contributed by atoms with Crippen LogP contribution in [0.15, 0.2) is 83.3 Å². The van der Waals surface area contributed by atoms with Crippen molar-refractivity contribution in [2.45, 2.75) is 69.8 Å². The molecule has 1 aliphatic rings. The van der Waals surface area contributed by atoms with Gasteiger partial charge in [0.2, 0.25) is 21.8 Å². The summed E-state index contributed by atoms with van der Waals surface area (Å²) in [6, 6.07) is 20.1. The van der Waals surface area contributed by atoms with E-state index in [0.29, 0.717) is 0 Å². The van der Waals surface area contributed by atoms with E-state index in [1.807, 2.05) is 54.6 Å². The molecule has 1 fully saturated rings. The molecule has 0 spiro atoms. The largest absolute Gasteiger partial charge is 0.416 e. The second kappa shape index (κ2) is 15.3. The number of sulfonamides is 1. The Kier molecular flexibility index (Phi) is 11.7. The summed E-state index contributed by atoms with van der Waals surface area (Å²) in [6.07, 6.45) is 0.263. The van der Waals surface area contributed by atoms with Gasteiger partial charge in [0, 0.05) is 36.4 Å². The third kappa shape index (κ3) is 10.1. The van der Waals surface area contributed by atoms with Gasteiger partial charge < -0.3 is 10.2 Å². The summed E-state index contributed by atoms with van der Waals surface area (Å²) in [5.74, 6) is -0.615. The Bertz CT molecular complexity index is 1550. The molecule has 0 radical (unpaired) electrons. The highest BCUT2D eigenvalue weighted by molar-refractivity contribution is 9.10. The second-order valence-corrected chi connectivity index (χ2v) is 14.2. The molecule has 3 aromatic rings. The summed E-state index contributed by atoms with van der Waals surface area (Å²) in [5.41, 5.74) is 0.581. The summed E-state index contributed by atoms with van der Waals surface area (Å²) in [6.45, 7) is -0.0687. The molecule has 0 bridgehead atoms. The predicted octanol–water partition coefficient (Wildman–Crippen LogP) is 6.71. The van der Waals surface area contributed by atoms with Gasteiger partial charge in [-0.2, -0.15) is 13.2 Å². The van der Waals surface area contributed by atoms with Gasteiger partial charge in [-0.3, -0.25) is 13.9 Å². The number of benzene rings is 3. The Labute approximate surface area is 271 Å². The lowest BCUT2D eigenvalue weighted by Crippen LogP contribution is -2.52. The maximum absolute atomic E-state index is 14.0. The van der Waals surface area contributed by atoms with Crippen molar-refractivity contribution in [3.8, 4) is 0 Å². The van der Waals surface area contributed by atoms with Crippen molar-refractivity contribution in [2.75, 3.05) is 17.1 Å². The minimum atomic E-state index is -4.64. The van der Waals surface area contributed by atoms with E-state index in [1.165, 1.54) is 11.0 Å².